The van der Waals surface area contributed by atoms with Gasteiger partial charge in [0.15, 0.2) is 0 Å². The van der Waals surface area contributed by atoms with Crippen molar-refractivity contribution < 1.29 is 28.5 Å². The van der Waals surface area contributed by atoms with E-state index in [0.29, 0.717) is 50.8 Å². The molecule has 1 saturated heterocycles. The predicted octanol–water partition coefficient (Wildman–Crippen LogP) is 6.44. The number of benzene rings is 1. The first-order valence-corrected chi connectivity index (χ1v) is 15.5. The average molecular weight is 541 g/mol. The van der Waals surface area contributed by atoms with E-state index in [-0.39, 0.29) is 11.9 Å². The van der Waals surface area contributed by atoms with Crippen molar-refractivity contribution in [3.63, 3.8) is 0 Å². The minimum atomic E-state index is -0.518. The number of ether oxygens (including phenoxy) is 4. The summed E-state index contributed by atoms with van der Waals surface area (Å²) in [6, 6.07) is 8.34. The number of esters is 2. The van der Waals surface area contributed by atoms with Crippen molar-refractivity contribution in [3.05, 3.63) is 29.8 Å². The number of thioether (sulfide) groups is 2. The molecule has 1 aliphatic heterocycles. The standard InChI is InChI=1S/C28H44O6S2/c1-4-12-23-13-8-9-14-25(23)33-19-10-7-11-20-35-22-24-21-34-28(36-24,17-15-26(29)31-5-2)18-16-27(30)32-6-3/h8-9,13-14,24H,4-7,10-12,15-22H2,1-3H3. The van der Waals surface area contributed by atoms with Crippen molar-refractivity contribution in [2.45, 2.75) is 88.7 Å². The molecule has 1 aromatic rings. The Hall–Kier alpha value is -1.38. The number of rotatable bonds is 19. The molecular formula is C28H44O6S2. The Kier molecular flexibility index (Phi) is 15.4. The molecule has 1 fully saturated rings. The minimum Gasteiger partial charge on any atom is -0.493 e. The van der Waals surface area contributed by atoms with Gasteiger partial charge in [-0.1, -0.05) is 31.5 Å². The largest absolute Gasteiger partial charge is 0.493 e. The molecule has 1 aromatic carbocycles. The zero-order valence-electron chi connectivity index (χ0n) is 22.3. The zero-order chi connectivity index (χ0) is 26.1. The van der Waals surface area contributed by atoms with E-state index in [4.69, 9.17) is 18.9 Å². The summed E-state index contributed by atoms with van der Waals surface area (Å²) in [6.45, 7) is 7.97. The topological polar surface area (TPSA) is 71.1 Å². The summed E-state index contributed by atoms with van der Waals surface area (Å²) in [7, 11) is 0. The van der Waals surface area contributed by atoms with Gasteiger partial charge in [0.25, 0.3) is 0 Å². The van der Waals surface area contributed by atoms with Gasteiger partial charge in [0.1, 0.15) is 10.7 Å². The van der Waals surface area contributed by atoms with Gasteiger partial charge in [0.05, 0.1) is 26.4 Å². The summed E-state index contributed by atoms with van der Waals surface area (Å²) in [5, 5.41) is 0.359. The molecule has 1 unspecified atom stereocenters. The Bertz CT molecular complexity index is 750. The molecule has 0 saturated carbocycles. The molecule has 0 radical (unpaired) electrons. The molecule has 0 spiro atoms. The van der Waals surface area contributed by atoms with Gasteiger partial charge < -0.3 is 18.9 Å². The fourth-order valence-electron chi connectivity index (χ4n) is 4.14. The van der Waals surface area contributed by atoms with Crippen molar-refractivity contribution in [3.8, 4) is 5.75 Å². The normalized spacial score (nSPS) is 16.6. The summed E-state index contributed by atoms with van der Waals surface area (Å²) in [5.74, 6) is 2.72. The highest BCUT2D eigenvalue weighted by Gasteiger charge is 2.41. The Labute approximate surface area is 225 Å². The Morgan fingerprint density at radius 2 is 1.72 bits per heavy atom. The molecule has 0 bridgehead atoms. The van der Waals surface area contributed by atoms with Crippen LogP contribution in [0.3, 0.4) is 0 Å². The second-order valence-corrected chi connectivity index (χ2v) is 11.7. The van der Waals surface area contributed by atoms with Gasteiger partial charge in [-0.15, -0.1) is 11.8 Å². The van der Waals surface area contributed by atoms with Crippen molar-refractivity contribution >= 4 is 35.5 Å². The Morgan fingerprint density at radius 1 is 1.03 bits per heavy atom. The highest BCUT2D eigenvalue weighted by Crippen LogP contribution is 2.45. The number of aryl methyl sites for hydroxylation is 1. The second kappa shape index (κ2) is 18.0. The molecule has 204 valence electrons. The third-order valence-corrected chi connectivity index (χ3v) is 8.95. The lowest BCUT2D eigenvalue weighted by atomic mass is 10.1. The Balaban J connectivity index is 1.65. The lowest BCUT2D eigenvalue weighted by Crippen LogP contribution is -2.27. The zero-order valence-corrected chi connectivity index (χ0v) is 23.9. The average Bonchev–Trinajstić information content (AvgIpc) is 3.28. The fraction of sp³-hybridized carbons (Fsp3) is 0.714. The van der Waals surface area contributed by atoms with E-state index in [1.165, 1.54) is 12.0 Å². The maximum atomic E-state index is 11.9. The van der Waals surface area contributed by atoms with Gasteiger partial charge in [-0.2, -0.15) is 11.8 Å². The molecule has 8 heteroatoms. The summed E-state index contributed by atoms with van der Waals surface area (Å²) in [6.07, 6.45) is 7.27. The number of unbranched alkanes of at least 4 members (excludes halogenated alkanes) is 2. The van der Waals surface area contributed by atoms with Crippen molar-refractivity contribution in [1.82, 2.24) is 0 Å². The first kappa shape index (κ1) is 30.8. The van der Waals surface area contributed by atoms with Crippen LogP contribution in [0.1, 0.15) is 77.7 Å². The predicted molar refractivity (Wildman–Crippen MR) is 149 cm³/mol. The minimum absolute atomic E-state index is 0.215. The molecule has 1 atom stereocenters. The number of hydrogen-bond acceptors (Lipinski definition) is 8. The van der Waals surface area contributed by atoms with Gasteiger partial charge in [-0.3, -0.25) is 9.59 Å². The second-order valence-electron chi connectivity index (χ2n) is 8.91. The van der Waals surface area contributed by atoms with Gasteiger partial charge >= 0.3 is 11.9 Å². The number of hydrogen-bond donors (Lipinski definition) is 0. The highest BCUT2D eigenvalue weighted by atomic mass is 32.2. The van der Waals surface area contributed by atoms with Crippen LogP contribution in [0.5, 0.6) is 5.75 Å². The Morgan fingerprint density at radius 3 is 2.39 bits per heavy atom. The first-order chi connectivity index (χ1) is 17.5. The number of carbonyl (C=O) groups is 2. The van der Waals surface area contributed by atoms with Crippen LogP contribution in [0, 0.1) is 0 Å². The van der Waals surface area contributed by atoms with E-state index < -0.39 is 4.93 Å². The van der Waals surface area contributed by atoms with E-state index in [1.54, 1.807) is 11.8 Å². The fourth-order valence-corrected chi connectivity index (χ4v) is 6.95. The van der Waals surface area contributed by atoms with Crippen LogP contribution >= 0.6 is 23.5 Å². The molecule has 36 heavy (non-hydrogen) atoms. The summed E-state index contributed by atoms with van der Waals surface area (Å²) in [5.41, 5.74) is 1.30. The molecule has 1 heterocycles. The smallest absolute Gasteiger partial charge is 0.305 e. The maximum absolute atomic E-state index is 11.9. The molecule has 6 nitrogen and oxygen atoms in total. The molecule has 0 aliphatic carbocycles. The van der Waals surface area contributed by atoms with Crippen molar-refractivity contribution in [1.29, 1.82) is 0 Å². The van der Waals surface area contributed by atoms with Crippen LogP contribution in [0.4, 0.5) is 0 Å². The lowest BCUT2D eigenvalue weighted by molar-refractivity contribution is -0.144. The van der Waals surface area contributed by atoms with Crippen LogP contribution < -0.4 is 4.74 Å². The monoisotopic (exact) mass is 540 g/mol. The first-order valence-electron chi connectivity index (χ1n) is 13.4. The summed E-state index contributed by atoms with van der Waals surface area (Å²) >= 11 is 3.73. The van der Waals surface area contributed by atoms with Crippen molar-refractivity contribution in [2.75, 3.05) is 37.9 Å². The highest BCUT2D eigenvalue weighted by molar-refractivity contribution is 8.04. The van der Waals surface area contributed by atoms with E-state index in [0.717, 1.165) is 49.5 Å². The molecule has 0 N–H and O–H groups in total. The van der Waals surface area contributed by atoms with Crippen LogP contribution in [0.15, 0.2) is 24.3 Å². The van der Waals surface area contributed by atoms with E-state index in [2.05, 4.69) is 25.1 Å². The van der Waals surface area contributed by atoms with Crippen LogP contribution in [-0.4, -0.2) is 60.1 Å². The maximum Gasteiger partial charge on any atom is 0.305 e. The van der Waals surface area contributed by atoms with Gasteiger partial charge in [0.2, 0.25) is 0 Å². The molecule has 0 amide bonds. The third-order valence-electron chi connectivity index (χ3n) is 5.93. The summed E-state index contributed by atoms with van der Waals surface area (Å²) in [4.78, 5) is 23.3. The molecular weight excluding hydrogens is 496 g/mol. The molecule has 2 rings (SSSR count). The van der Waals surface area contributed by atoms with Crippen LogP contribution in [0.25, 0.3) is 0 Å². The van der Waals surface area contributed by atoms with Crippen molar-refractivity contribution in [2.24, 2.45) is 0 Å². The summed E-state index contributed by atoms with van der Waals surface area (Å²) < 4.78 is 22.4. The lowest BCUT2D eigenvalue weighted by Gasteiger charge is -2.27. The van der Waals surface area contributed by atoms with Gasteiger partial charge in [0, 0.05) is 23.8 Å². The molecule has 1 aliphatic rings. The van der Waals surface area contributed by atoms with Crippen LogP contribution in [0.2, 0.25) is 0 Å². The SMILES string of the molecule is CCCc1ccccc1OCCCCCSCC1COC(CCC(=O)OCC)(CCC(=O)OCC)S1. The van der Waals surface area contributed by atoms with Crippen LogP contribution in [-0.2, 0) is 30.2 Å². The quantitative estimate of drug-likeness (QED) is 0.147. The van der Waals surface area contributed by atoms with Gasteiger partial charge in [-0.05, 0) is 69.8 Å². The van der Waals surface area contributed by atoms with E-state index in [1.807, 2.05) is 31.7 Å². The van der Waals surface area contributed by atoms with Gasteiger partial charge in [-0.25, -0.2) is 0 Å². The number of carbonyl (C=O) groups excluding carboxylic acids is 2. The third kappa shape index (κ3) is 11.8. The molecule has 0 aromatic heterocycles. The number of para-hydroxylation sites is 1. The van der Waals surface area contributed by atoms with E-state index >= 15 is 0 Å². The van der Waals surface area contributed by atoms with E-state index in [9.17, 15) is 9.59 Å².